The average Bonchev–Trinajstić information content (AvgIpc) is 3.19. The van der Waals surface area contributed by atoms with Gasteiger partial charge in [0.25, 0.3) is 0 Å². The Morgan fingerprint density at radius 2 is 1.68 bits per heavy atom. The third kappa shape index (κ3) is 4.18. The number of benzene rings is 2. The van der Waals surface area contributed by atoms with Crippen molar-refractivity contribution in [2.75, 3.05) is 6.54 Å². The van der Waals surface area contributed by atoms with Gasteiger partial charge in [-0.05, 0) is 114 Å². The molecule has 0 N–H and O–H groups in total. The fourth-order valence-corrected chi connectivity index (χ4v) is 6.27. The highest BCUT2D eigenvalue weighted by Gasteiger charge is 2.35. The lowest BCUT2D eigenvalue weighted by atomic mass is 9.64. The normalized spacial score (nSPS) is 19.4. The van der Waals surface area contributed by atoms with Gasteiger partial charge >= 0.3 is 0 Å². The first-order valence-electron chi connectivity index (χ1n) is 11.4. The summed E-state index contributed by atoms with van der Waals surface area (Å²) in [5, 5.41) is 13.0. The number of rotatable bonds is 6. The summed E-state index contributed by atoms with van der Waals surface area (Å²) in [4.78, 5) is 11.8. The molecule has 2 atom stereocenters. The Bertz CT molecular complexity index is 1150. The molecule has 1 heterocycles. The third-order valence-electron chi connectivity index (χ3n) is 7.44. The van der Waals surface area contributed by atoms with E-state index < -0.39 is 0 Å². The fraction of sp³-hybridized carbons (Fsp3) is 0.407. The molecular formula is C27H29NO2S. The molecule has 0 spiro atoms. The maximum absolute atomic E-state index is 10.7. The molecule has 5 rings (SSSR count). The maximum Gasteiger partial charge on any atom is 0.207 e. The Morgan fingerprint density at radius 3 is 2.42 bits per heavy atom. The number of thiophene rings is 1. The highest BCUT2D eigenvalue weighted by molar-refractivity contribution is 7.13. The van der Waals surface area contributed by atoms with Crippen LogP contribution in [0, 0.1) is 35.8 Å². The Hall–Kier alpha value is -2.46. The van der Waals surface area contributed by atoms with Crippen LogP contribution >= 0.6 is 11.3 Å². The van der Waals surface area contributed by atoms with Crippen molar-refractivity contribution < 1.29 is 4.92 Å². The molecule has 2 unspecified atom stereocenters. The molecule has 1 fully saturated rings. The first kappa shape index (κ1) is 20.4. The predicted octanol–water partition coefficient (Wildman–Crippen LogP) is 6.57. The molecule has 0 saturated heterocycles. The van der Waals surface area contributed by atoms with Gasteiger partial charge in [-0.25, -0.2) is 0 Å². The highest BCUT2D eigenvalue weighted by Crippen LogP contribution is 2.44. The van der Waals surface area contributed by atoms with E-state index in [0.29, 0.717) is 6.42 Å². The second-order valence-corrected chi connectivity index (χ2v) is 10.4. The lowest BCUT2D eigenvalue weighted by Crippen LogP contribution is -2.33. The second kappa shape index (κ2) is 8.23. The molecule has 3 nitrogen and oxygen atoms in total. The van der Waals surface area contributed by atoms with Crippen molar-refractivity contribution in [3.63, 3.8) is 0 Å². The van der Waals surface area contributed by atoms with Crippen LogP contribution in [0.5, 0.6) is 0 Å². The van der Waals surface area contributed by atoms with E-state index in [1.165, 1.54) is 52.8 Å². The Labute approximate surface area is 188 Å². The molecule has 0 bridgehead atoms. The number of hydrogen-bond acceptors (Lipinski definition) is 3. The number of hydrogen-bond donors (Lipinski definition) is 0. The molecule has 2 aliphatic carbocycles. The van der Waals surface area contributed by atoms with Crippen LogP contribution in [-0.2, 0) is 25.7 Å². The number of aryl methyl sites for hydroxylation is 2. The molecule has 4 heteroatoms. The summed E-state index contributed by atoms with van der Waals surface area (Å²) >= 11 is 1.84. The molecule has 31 heavy (non-hydrogen) atoms. The predicted molar refractivity (Wildman–Crippen MR) is 128 cm³/mol. The first-order chi connectivity index (χ1) is 15.0. The Morgan fingerprint density at radius 1 is 0.968 bits per heavy atom. The molecule has 3 aromatic rings. The van der Waals surface area contributed by atoms with Gasteiger partial charge in [0.15, 0.2) is 0 Å². The SMILES string of the molecule is Cc1cc(Cc2csc(-c3ccc4c(c3)CC3CCC3C4)c2)c(C)cc1CC[N+](=O)[O-]. The third-order valence-corrected chi connectivity index (χ3v) is 8.46. The van der Waals surface area contributed by atoms with Crippen molar-refractivity contribution in [3.05, 3.63) is 90.8 Å². The van der Waals surface area contributed by atoms with Crippen LogP contribution in [0.3, 0.4) is 0 Å². The second-order valence-electron chi connectivity index (χ2n) is 9.50. The van der Waals surface area contributed by atoms with E-state index >= 15 is 0 Å². The molecule has 1 aromatic heterocycles. The lowest BCUT2D eigenvalue weighted by molar-refractivity contribution is -0.479. The summed E-state index contributed by atoms with van der Waals surface area (Å²) in [6.45, 7) is 4.18. The molecule has 2 aromatic carbocycles. The zero-order valence-corrected chi connectivity index (χ0v) is 19.1. The van der Waals surface area contributed by atoms with Gasteiger partial charge in [0.05, 0.1) is 0 Å². The lowest BCUT2D eigenvalue weighted by Gasteiger charge is -2.41. The van der Waals surface area contributed by atoms with Gasteiger partial charge in [0.1, 0.15) is 0 Å². The van der Waals surface area contributed by atoms with Crippen LogP contribution in [0.25, 0.3) is 10.4 Å². The highest BCUT2D eigenvalue weighted by atomic mass is 32.1. The summed E-state index contributed by atoms with van der Waals surface area (Å²) in [5.74, 6) is 1.88. The van der Waals surface area contributed by atoms with Gasteiger partial charge in [0, 0.05) is 16.2 Å². The fourth-order valence-electron chi connectivity index (χ4n) is 5.36. The van der Waals surface area contributed by atoms with Crippen LogP contribution in [-0.4, -0.2) is 11.5 Å². The monoisotopic (exact) mass is 431 g/mol. The van der Waals surface area contributed by atoms with Crippen LogP contribution in [0.2, 0.25) is 0 Å². The van der Waals surface area contributed by atoms with Gasteiger partial charge in [-0.1, -0.05) is 30.3 Å². The van der Waals surface area contributed by atoms with Gasteiger partial charge in [-0.15, -0.1) is 11.3 Å². The average molecular weight is 432 g/mol. The summed E-state index contributed by atoms with van der Waals surface area (Å²) < 4.78 is 0. The molecule has 0 aliphatic heterocycles. The van der Waals surface area contributed by atoms with E-state index in [1.807, 2.05) is 11.3 Å². The summed E-state index contributed by atoms with van der Waals surface area (Å²) in [7, 11) is 0. The van der Waals surface area contributed by atoms with Gasteiger partial charge in [-0.2, -0.15) is 0 Å². The van der Waals surface area contributed by atoms with Crippen molar-refractivity contribution in [1.29, 1.82) is 0 Å². The minimum Gasteiger partial charge on any atom is -0.265 e. The largest absolute Gasteiger partial charge is 0.265 e. The van der Waals surface area contributed by atoms with Crippen molar-refractivity contribution >= 4 is 11.3 Å². The minimum absolute atomic E-state index is 0.00427. The van der Waals surface area contributed by atoms with Gasteiger partial charge in [0.2, 0.25) is 6.54 Å². The van der Waals surface area contributed by atoms with Gasteiger partial charge < -0.3 is 0 Å². The maximum atomic E-state index is 10.7. The zero-order valence-electron chi connectivity index (χ0n) is 18.3. The van der Waals surface area contributed by atoms with Crippen LogP contribution in [0.15, 0.2) is 41.8 Å². The number of nitro groups is 1. The number of nitrogens with zero attached hydrogens (tertiary/aromatic N) is 1. The first-order valence-corrected chi connectivity index (χ1v) is 12.2. The van der Waals surface area contributed by atoms with Crippen LogP contribution in [0.4, 0.5) is 0 Å². The number of fused-ring (bicyclic) bond motifs is 2. The van der Waals surface area contributed by atoms with Crippen LogP contribution in [0.1, 0.15) is 51.8 Å². The van der Waals surface area contributed by atoms with Crippen molar-refractivity contribution in [2.24, 2.45) is 11.8 Å². The van der Waals surface area contributed by atoms with E-state index in [0.717, 1.165) is 29.4 Å². The van der Waals surface area contributed by atoms with Crippen LogP contribution < -0.4 is 0 Å². The van der Waals surface area contributed by atoms with E-state index in [1.54, 1.807) is 11.1 Å². The molecule has 0 amide bonds. The summed E-state index contributed by atoms with van der Waals surface area (Å²) in [6.07, 6.45) is 6.81. The zero-order chi connectivity index (χ0) is 21.5. The molecule has 2 aliphatic rings. The smallest absolute Gasteiger partial charge is 0.207 e. The summed E-state index contributed by atoms with van der Waals surface area (Å²) in [6, 6.07) is 13.8. The quantitative estimate of drug-likeness (QED) is 0.327. The molecule has 160 valence electrons. The Balaban J connectivity index is 1.33. The summed E-state index contributed by atoms with van der Waals surface area (Å²) in [5.41, 5.74) is 10.6. The van der Waals surface area contributed by atoms with E-state index in [4.69, 9.17) is 0 Å². The van der Waals surface area contributed by atoms with Gasteiger partial charge in [-0.3, -0.25) is 10.1 Å². The molecule has 0 radical (unpaired) electrons. The standard InChI is InChI=1S/C27H29NO2S/c1-17-10-25(18(2)9-20(17)7-8-28(29)30)11-19-12-27(31-16-19)24-6-5-23-13-21-3-4-22(21)14-26(23)15-24/h5-6,9-10,12,15-16,21-22H,3-4,7-8,11,13-14H2,1-2H3. The Kier molecular flexibility index (Phi) is 5.43. The van der Waals surface area contributed by atoms with E-state index in [-0.39, 0.29) is 11.5 Å². The molecular weight excluding hydrogens is 402 g/mol. The van der Waals surface area contributed by atoms with Crippen molar-refractivity contribution in [2.45, 2.75) is 52.4 Å². The van der Waals surface area contributed by atoms with Crippen molar-refractivity contribution in [3.8, 4) is 10.4 Å². The van der Waals surface area contributed by atoms with Crippen molar-refractivity contribution in [1.82, 2.24) is 0 Å². The molecule has 1 saturated carbocycles. The van der Waals surface area contributed by atoms with E-state index in [9.17, 15) is 10.1 Å². The topological polar surface area (TPSA) is 43.1 Å². The van der Waals surface area contributed by atoms with E-state index in [2.05, 4.69) is 55.6 Å². The minimum atomic E-state index is -0.235.